The number of benzene rings is 2. The molecule has 0 aliphatic carbocycles. The van der Waals surface area contributed by atoms with Crippen LogP contribution in [0.2, 0.25) is 5.02 Å². The largest absolute Gasteiger partial charge is 0.492 e. The number of rotatable bonds is 6. The van der Waals surface area contributed by atoms with Crippen LogP contribution in [0.25, 0.3) is 10.9 Å². The van der Waals surface area contributed by atoms with Gasteiger partial charge in [-0.25, -0.2) is 21.2 Å². The fraction of sp³-hybridized carbons (Fsp3) is 0.333. The highest BCUT2D eigenvalue weighted by atomic mass is 35.5. The maximum absolute atomic E-state index is 13.6. The van der Waals surface area contributed by atoms with Crippen LogP contribution in [0.5, 0.6) is 5.75 Å². The van der Waals surface area contributed by atoms with E-state index in [-0.39, 0.29) is 26.4 Å². The predicted octanol–water partition coefficient (Wildman–Crippen LogP) is 4.28. The molecule has 0 radical (unpaired) electrons. The number of aromatic nitrogens is 1. The Morgan fingerprint density at radius 3 is 2.58 bits per heavy atom. The highest BCUT2D eigenvalue weighted by molar-refractivity contribution is 7.90. The summed E-state index contributed by atoms with van der Waals surface area (Å²) in [6, 6.07) is 8.85. The third kappa shape index (κ3) is 4.09. The zero-order chi connectivity index (χ0) is 22.2. The van der Waals surface area contributed by atoms with Crippen molar-refractivity contribution in [2.45, 2.75) is 18.2 Å². The van der Waals surface area contributed by atoms with Crippen molar-refractivity contribution in [3.63, 3.8) is 0 Å². The van der Waals surface area contributed by atoms with Crippen LogP contribution in [0.15, 0.2) is 47.5 Å². The van der Waals surface area contributed by atoms with Crippen molar-refractivity contribution in [2.24, 2.45) is 0 Å². The van der Waals surface area contributed by atoms with Crippen LogP contribution in [-0.4, -0.2) is 45.2 Å². The molecule has 2 aromatic carbocycles. The normalized spacial score (nSPS) is 15.1. The van der Waals surface area contributed by atoms with Crippen molar-refractivity contribution >= 4 is 38.2 Å². The van der Waals surface area contributed by atoms with Gasteiger partial charge in [0.1, 0.15) is 5.75 Å². The molecule has 10 heteroatoms. The van der Waals surface area contributed by atoms with Crippen LogP contribution in [0.4, 0.5) is 14.5 Å². The van der Waals surface area contributed by atoms with E-state index in [9.17, 15) is 17.2 Å². The molecule has 0 spiro atoms. The molecule has 0 bridgehead atoms. The van der Waals surface area contributed by atoms with Gasteiger partial charge in [-0.15, -0.1) is 0 Å². The van der Waals surface area contributed by atoms with E-state index < -0.39 is 16.4 Å². The van der Waals surface area contributed by atoms with E-state index in [2.05, 4.69) is 10.2 Å². The topological polar surface area (TPSA) is 63.6 Å². The van der Waals surface area contributed by atoms with Crippen LogP contribution >= 0.6 is 11.6 Å². The lowest BCUT2D eigenvalue weighted by molar-refractivity contribution is 0.153. The molecule has 2 heterocycles. The van der Waals surface area contributed by atoms with E-state index in [0.29, 0.717) is 31.1 Å². The van der Waals surface area contributed by atoms with E-state index in [4.69, 9.17) is 16.3 Å². The minimum atomic E-state index is -4.16. The van der Waals surface area contributed by atoms with Gasteiger partial charge in [-0.2, -0.15) is 0 Å². The molecule has 1 aliphatic heterocycles. The van der Waals surface area contributed by atoms with Crippen LogP contribution in [0.3, 0.4) is 0 Å². The maximum atomic E-state index is 13.6. The van der Waals surface area contributed by atoms with Crippen LogP contribution in [-0.2, 0) is 10.0 Å². The first-order valence-electron chi connectivity index (χ1n) is 9.89. The Morgan fingerprint density at radius 2 is 1.90 bits per heavy atom. The molecule has 1 aromatic heterocycles. The molecule has 31 heavy (non-hydrogen) atoms. The number of nitrogens with one attached hydrogen (secondary N) is 1. The van der Waals surface area contributed by atoms with Gasteiger partial charge in [0.2, 0.25) is 0 Å². The minimum absolute atomic E-state index is 0.0119. The molecule has 1 saturated heterocycles. The van der Waals surface area contributed by atoms with Gasteiger partial charge in [-0.05, 0) is 37.3 Å². The number of alkyl halides is 2. The molecule has 6 nitrogen and oxygen atoms in total. The SMILES string of the molecule is CCOc1ccc(S(=O)(=O)n2cc(C(F)F)c3ccc(Cl)cc32)cc1N1CCNCC1. The lowest BCUT2D eigenvalue weighted by atomic mass is 10.2. The van der Waals surface area contributed by atoms with Gasteiger partial charge in [-0.1, -0.05) is 17.7 Å². The summed E-state index contributed by atoms with van der Waals surface area (Å²) < 4.78 is 60.7. The number of piperazine rings is 1. The van der Waals surface area contributed by atoms with E-state index in [1.807, 2.05) is 6.92 Å². The molecule has 0 amide bonds. The quantitative estimate of drug-likeness (QED) is 0.584. The third-order valence-corrected chi connectivity index (χ3v) is 7.15. The highest BCUT2D eigenvalue weighted by Gasteiger charge is 2.26. The van der Waals surface area contributed by atoms with Gasteiger partial charge in [-0.3, -0.25) is 0 Å². The molecule has 166 valence electrons. The first-order chi connectivity index (χ1) is 14.8. The lowest BCUT2D eigenvalue weighted by Crippen LogP contribution is -2.43. The van der Waals surface area contributed by atoms with Gasteiger partial charge < -0.3 is 15.0 Å². The highest BCUT2D eigenvalue weighted by Crippen LogP contribution is 2.36. The van der Waals surface area contributed by atoms with Crippen LogP contribution in [0.1, 0.15) is 18.9 Å². The second-order valence-electron chi connectivity index (χ2n) is 7.15. The maximum Gasteiger partial charge on any atom is 0.268 e. The molecule has 0 saturated carbocycles. The predicted molar refractivity (Wildman–Crippen MR) is 117 cm³/mol. The van der Waals surface area contributed by atoms with Crippen LogP contribution < -0.4 is 15.0 Å². The minimum Gasteiger partial charge on any atom is -0.492 e. The van der Waals surface area contributed by atoms with Crippen molar-refractivity contribution in [3.05, 3.63) is 53.2 Å². The van der Waals surface area contributed by atoms with Crippen LogP contribution in [0, 0.1) is 0 Å². The Labute approximate surface area is 184 Å². The summed E-state index contributed by atoms with van der Waals surface area (Å²) in [5.74, 6) is 0.581. The van der Waals surface area contributed by atoms with Gasteiger partial charge in [0.25, 0.3) is 16.4 Å². The molecule has 1 fully saturated rings. The van der Waals surface area contributed by atoms with E-state index in [0.717, 1.165) is 23.3 Å². The second-order valence-corrected chi connectivity index (χ2v) is 9.40. The molecule has 3 aromatic rings. The summed E-state index contributed by atoms with van der Waals surface area (Å²) in [5.41, 5.74) is 0.414. The molecule has 1 aliphatic rings. The zero-order valence-corrected chi connectivity index (χ0v) is 18.4. The third-order valence-electron chi connectivity index (χ3n) is 5.24. The Hall–Kier alpha value is -2.36. The molecule has 0 atom stereocenters. The van der Waals surface area contributed by atoms with E-state index >= 15 is 0 Å². The Balaban J connectivity index is 1.87. The number of hydrogen-bond acceptors (Lipinski definition) is 5. The fourth-order valence-corrected chi connectivity index (χ4v) is 5.33. The Morgan fingerprint density at radius 1 is 1.16 bits per heavy atom. The molecular weight excluding hydrogens is 448 g/mol. The zero-order valence-electron chi connectivity index (χ0n) is 16.8. The lowest BCUT2D eigenvalue weighted by Gasteiger charge is -2.31. The number of hydrogen-bond donors (Lipinski definition) is 1. The Bertz CT molecular complexity index is 1210. The van der Waals surface area contributed by atoms with E-state index in [1.54, 1.807) is 12.1 Å². The summed E-state index contributed by atoms with van der Waals surface area (Å²) in [4.78, 5) is 2.04. The summed E-state index contributed by atoms with van der Waals surface area (Å²) in [7, 11) is -4.16. The van der Waals surface area contributed by atoms with Crippen molar-refractivity contribution in [1.82, 2.24) is 9.29 Å². The molecule has 0 unspecified atom stereocenters. The molecular formula is C21H22ClF2N3O3S. The number of halogens is 3. The van der Waals surface area contributed by atoms with Crippen molar-refractivity contribution in [1.29, 1.82) is 0 Å². The number of fused-ring (bicyclic) bond motifs is 1. The summed E-state index contributed by atoms with van der Waals surface area (Å²) in [6.45, 7) is 5.21. The summed E-state index contributed by atoms with van der Waals surface area (Å²) in [6.07, 6.45) is -1.85. The first-order valence-corrected chi connectivity index (χ1v) is 11.7. The van der Waals surface area contributed by atoms with Gasteiger partial charge in [0, 0.05) is 48.3 Å². The smallest absolute Gasteiger partial charge is 0.268 e. The number of ether oxygens (including phenoxy) is 1. The van der Waals surface area contributed by atoms with Crippen molar-refractivity contribution < 1.29 is 21.9 Å². The molecule has 4 rings (SSSR count). The van der Waals surface area contributed by atoms with Crippen molar-refractivity contribution in [2.75, 3.05) is 37.7 Å². The number of nitrogens with zero attached hydrogens (tertiary/aromatic N) is 2. The monoisotopic (exact) mass is 469 g/mol. The summed E-state index contributed by atoms with van der Waals surface area (Å²) in [5, 5.41) is 3.67. The standard InChI is InChI=1S/C21H22ClF2N3O3S/c1-2-30-20-6-4-15(12-19(20)26-9-7-25-8-10-26)31(28,29)27-13-17(21(23)24)16-5-3-14(22)11-18(16)27/h3-6,11-13,21,25H,2,7-10H2,1H3. The Kier molecular flexibility index (Phi) is 6.09. The number of anilines is 1. The van der Waals surface area contributed by atoms with Gasteiger partial charge in [0.05, 0.1) is 22.7 Å². The summed E-state index contributed by atoms with van der Waals surface area (Å²) >= 11 is 6.03. The van der Waals surface area contributed by atoms with E-state index in [1.165, 1.54) is 24.3 Å². The average Bonchev–Trinajstić information content (AvgIpc) is 3.14. The second kappa shape index (κ2) is 8.64. The van der Waals surface area contributed by atoms with Gasteiger partial charge in [0.15, 0.2) is 0 Å². The average molecular weight is 470 g/mol. The van der Waals surface area contributed by atoms with Crippen molar-refractivity contribution in [3.8, 4) is 5.75 Å². The van der Waals surface area contributed by atoms with Gasteiger partial charge >= 0.3 is 0 Å². The molecule has 1 N–H and O–H groups in total. The first kappa shape index (κ1) is 21.9. The fourth-order valence-electron chi connectivity index (χ4n) is 3.77.